The summed E-state index contributed by atoms with van der Waals surface area (Å²) in [6, 6.07) is 12.6. The first-order valence-corrected chi connectivity index (χ1v) is 6.64. The lowest BCUT2D eigenvalue weighted by Gasteiger charge is -2.13. The maximum atomic E-state index is 11.7. The van der Waals surface area contributed by atoms with Gasteiger partial charge in [0, 0.05) is 24.2 Å². The summed E-state index contributed by atoms with van der Waals surface area (Å²) in [6.07, 6.45) is 4.92. The zero-order valence-electron chi connectivity index (χ0n) is 11.6. The standard InChI is InChI=1S/C16H13N5O/c17-15(22)12-6-3-5-11(13-7-1-2-8-18-13)14(12)21-16-19-9-4-10-20-16/h1-10H,(H2,17,22)(H,19,20,21). The average molecular weight is 291 g/mol. The summed E-state index contributed by atoms with van der Waals surface area (Å²) >= 11 is 0. The Morgan fingerprint density at radius 1 is 0.909 bits per heavy atom. The van der Waals surface area contributed by atoms with E-state index in [-0.39, 0.29) is 0 Å². The van der Waals surface area contributed by atoms with Gasteiger partial charge in [-0.15, -0.1) is 0 Å². The summed E-state index contributed by atoms with van der Waals surface area (Å²) in [5.74, 6) is -0.149. The number of hydrogen-bond donors (Lipinski definition) is 2. The van der Waals surface area contributed by atoms with Gasteiger partial charge in [0.25, 0.3) is 5.91 Å². The Morgan fingerprint density at radius 3 is 2.36 bits per heavy atom. The van der Waals surface area contributed by atoms with Gasteiger partial charge in [0.1, 0.15) is 0 Å². The summed E-state index contributed by atoms with van der Waals surface area (Å²) in [5, 5.41) is 3.06. The minimum atomic E-state index is -0.531. The van der Waals surface area contributed by atoms with Crippen LogP contribution in [0.25, 0.3) is 11.3 Å². The van der Waals surface area contributed by atoms with E-state index in [9.17, 15) is 4.79 Å². The molecule has 0 spiro atoms. The second kappa shape index (κ2) is 6.01. The van der Waals surface area contributed by atoms with Crippen LogP contribution in [0.15, 0.2) is 61.1 Å². The van der Waals surface area contributed by atoms with E-state index in [4.69, 9.17) is 5.73 Å². The number of rotatable bonds is 4. The monoisotopic (exact) mass is 291 g/mol. The maximum absolute atomic E-state index is 11.7. The number of nitrogens with one attached hydrogen (secondary N) is 1. The molecule has 22 heavy (non-hydrogen) atoms. The minimum absolute atomic E-state index is 0.357. The summed E-state index contributed by atoms with van der Waals surface area (Å²) in [5.41, 5.74) is 7.85. The third-order valence-corrected chi connectivity index (χ3v) is 3.07. The fourth-order valence-corrected chi connectivity index (χ4v) is 2.10. The van der Waals surface area contributed by atoms with Gasteiger partial charge >= 0.3 is 0 Å². The Kier molecular flexibility index (Phi) is 3.74. The molecule has 3 N–H and O–H groups in total. The number of primary amides is 1. The number of para-hydroxylation sites is 1. The number of benzene rings is 1. The molecule has 0 fully saturated rings. The molecule has 6 nitrogen and oxygen atoms in total. The molecule has 108 valence electrons. The summed E-state index contributed by atoms with van der Waals surface area (Å²) in [4.78, 5) is 24.3. The first-order chi connectivity index (χ1) is 10.8. The van der Waals surface area contributed by atoms with Gasteiger partial charge < -0.3 is 11.1 Å². The topological polar surface area (TPSA) is 93.8 Å². The molecule has 1 aromatic carbocycles. The van der Waals surface area contributed by atoms with Crippen LogP contribution in [-0.2, 0) is 0 Å². The normalized spacial score (nSPS) is 10.2. The molecule has 0 aliphatic heterocycles. The van der Waals surface area contributed by atoms with Gasteiger partial charge in [-0.05, 0) is 24.3 Å². The Bertz CT molecular complexity index is 790. The minimum Gasteiger partial charge on any atom is -0.366 e. The zero-order valence-corrected chi connectivity index (χ0v) is 11.6. The maximum Gasteiger partial charge on any atom is 0.250 e. The van der Waals surface area contributed by atoms with Gasteiger partial charge in [-0.2, -0.15) is 0 Å². The summed E-state index contributed by atoms with van der Waals surface area (Å²) < 4.78 is 0. The van der Waals surface area contributed by atoms with Crippen molar-refractivity contribution in [3.8, 4) is 11.3 Å². The Balaban J connectivity index is 2.14. The smallest absolute Gasteiger partial charge is 0.250 e. The predicted octanol–water partition coefficient (Wildman–Crippen LogP) is 2.38. The van der Waals surface area contributed by atoms with Crippen molar-refractivity contribution in [2.24, 2.45) is 5.73 Å². The molecular formula is C16H13N5O. The number of nitrogens with zero attached hydrogens (tertiary/aromatic N) is 3. The highest BCUT2D eigenvalue weighted by atomic mass is 16.1. The van der Waals surface area contributed by atoms with Gasteiger partial charge in [-0.3, -0.25) is 9.78 Å². The molecule has 2 heterocycles. The Morgan fingerprint density at radius 2 is 1.68 bits per heavy atom. The molecular weight excluding hydrogens is 278 g/mol. The number of aromatic nitrogens is 3. The van der Waals surface area contributed by atoms with E-state index in [0.717, 1.165) is 11.3 Å². The van der Waals surface area contributed by atoms with Crippen molar-refractivity contribution in [1.29, 1.82) is 0 Å². The first kappa shape index (κ1) is 13.7. The second-order valence-corrected chi connectivity index (χ2v) is 4.50. The Hall–Kier alpha value is -3.28. The van der Waals surface area contributed by atoms with Crippen LogP contribution in [0, 0.1) is 0 Å². The molecule has 6 heteroatoms. The largest absolute Gasteiger partial charge is 0.366 e. The second-order valence-electron chi connectivity index (χ2n) is 4.50. The zero-order chi connectivity index (χ0) is 15.4. The molecule has 0 saturated heterocycles. The van der Waals surface area contributed by atoms with E-state index in [0.29, 0.717) is 17.2 Å². The molecule has 0 bridgehead atoms. The SMILES string of the molecule is NC(=O)c1cccc(-c2ccccn2)c1Nc1ncccn1. The van der Waals surface area contributed by atoms with E-state index in [2.05, 4.69) is 20.3 Å². The van der Waals surface area contributed by atoms with Gasteiger partial charge in [-0.25, -0.2) is 9.97 Å². The van der Waals surface area contributed by atoms with Crippen molar-refractivity contribution < 1.29 is 4.79 Å². The number of amides is 1. The third-order valence-electron chi connectivity index (χ3n) is 3.07. The molecule has 3 rings (SSSR count). The van der Waals surface area contributed by atoms with Crippen molar-refractivity contribution in [2.45, 2.75) is 0 Å². The van der Waals surface area contributed by atoms with E-state index in [1.807, 2.05) is 24.3 Å². The van der Waals surface area contributed by atoms with Crippen LogP contribution >= 0.6 is 0 Å². The fourth-order valence-electron chi connectivity index (χ4n) is 2.10. The highest BCUT2D eigenvalue weighted by Crippen LogP contribution is 2.31. The molecule has 0 unspecified atom stereocenters. The predicted molar refractivity (Wildman–Crippen MR) is 83.5 cm³/mol. The highest BCUT2D eigenvalue weighted by Gasteiger charge is 2.15. The molecule has 0 radical (unpaired) electrons. The van der Waals surface area contributed by atoms with Crippen LogP contribution in [0.4, 0.5) is 11.6 Å². The average Bonchev–Trinajstić information content (AvgIpc) is 2.56. The van der Waals surface area contributed by atoms with Crippen molar-refractivity contribution in [3.05, 3.63) is 66.6 Å². The fraction of sp³-hybridized carbons (Fsp3) is 0. The summed E-state index contributed by atoms with van der Waals surface area (Å²) in [6.45, 7) is 0. The number of pyridine rings is 1. The van der Waals surface area contributed by atoms with Crippen LogP contribution < -0.4 is 11.1 Å². The van der Waals surface area contributed by atoms with E-state index >= 15 is 0 Å². The van der Waals surface area contributed by atoms with Gasteiger partial charge in [0.2, 0.25) is 5.95 Å². The van der Waals surface area contributed by atoms with Crippen LogP contribution in [0.1, 0.15) is 10.4 Å². The Labute approximate surface area is 127 Å². The van der Waals surface area contributed by atoms with Crippen LogP contribution in [0.2, 0.25) is 0 Å². The van der Waals surface area contributed by atoms with E-state index in [1.54, 1.807) is 36.8 Å². The van der Waals surface area contributed by atoms with E-state index < -0.39 is 5.91 Å². The number of anilines is 2. The quantitative estimate of drug-likeness (QED) is 0.769. The lowest BCUT2D eigenvalue weighted by Crippen LogP contribution is -2.14. The molecule has 0 aliphatic rings. The van der Waals surface area contributed by atoms with Crippen molar-refractivity contribution >= 4 is 17.5 Å². The van der Waals surface area contributed by atoms with Crippen molar-refractivity contribution in [3.63, 3.8) is 0 Å². The van der Waals surface area contributed by atoms with E-state index in [1.165, 1.54) is 0 Å². The molecule has 0 atom stereocenters. The highest BCUT2D eigenvalue weighted by molar-refractivity contribution is 6.02. The van der Waals surface area contributed by atoms with Crippen LogP contribution in [-0.4, -0.2) is 20.9 Å². The third kappa shape index (κ3) is 2.76. The van der Waals surface area contributed by atoms with Crippen LogP contribution in [0.3, 0.4) is 0 Å². The number of carbonyl (C=O) groups excluding carboxylic acids is 1. The van der Waals surface area contributed by atoms with Crippen molar-refractivity contribution in [2.75, 3.05) is 5.32 Å². The number of carbonyl (C=O) groups is 1. The number of nitrogens with two attached hydrogens (primary N) is 1. The van der Waals surface area contributed by atoms with Crippen molar-refractivity contribution in [1.82, 2.24) is 15.0 Å². The molecule has 1 amide bonds. The van der Waals surface area contributed by atoms with Gasteiger partial charge in [0.15, 0.2) is 0 Å². The molecule has 3 aromatic rings. The molecule has 0 saturated carbocycles. The van der Waals surface area contributed by atoms with Gasteiger partial charge in [0.05, 0.1) is 16.9 Å². The van der Waals surface area contributed by atoms with Gasteiger partial charge in [-0.1, -0.05) is 18.2 Å². The molecule has 0 aliphatic carbocycles. The van der Waals surface area contributed by atoms with Crippen LogP contribution in [0.5, 0.6) is 0 Å². The molecule has 2 aromatic heterocycles. The number of hydrogen-bond acceptors (Lipinski definition) is 5. The lowest BCUT2D eigenvalue weighted by atomic mass is 10.0. The summed E-state index contributed by atoms with van der Waals surface area (Å²) in [7, 11) is 0. The first-order valence-electron chi connectivity index (χ1n) is 6.64. The lowest BCUT2D eigenvalue weighted by molar-refractivity contribution is 0.100.